The normalized spacial score (nSPS) is 21.3. The molecule has 0 unspecified atom stereocenters. The molecule has 3 aliphatic rings. The number of hydrazone groups is 1. The van der Waals surface area contributed by atoms with Crippen molar-refractivity contribution in [2.75, 3.05) is 40.1 Å². The maximum absolute atomic E-state index is 13.6. The monoisotopic (exact) mass is 493 g/mol. The summed E-state index contributed by atoms with van der Waals surface area (Å²) in [6.45, 7) is 3.83. The Morgan fingerprint density at radius 1 is 1.11 bits per heavy atom. The average molecular weight is 494 g/mol. The number of rotatable bonds is 7. The lowest BCUT2D eigenvalue weighted by Gasteiger charge is -2.32. The lowest BCUT2D eigenvalue weighted by molar-refractivity contribution is -0.150. The Bertz CT molecular complexity index is 1150. The zero-order valence-corrected chi connectivity index (χ0v) is 20.6. The molecule has 2 atom stereocenters. The van der Waals surface area contributed by atoms with Crippen LogP contribution < -0.4 is 14.2 Å². The summed E-state index contributed by atoms with van der Waals surface area (Å²) in [5.74, 6) is 1.64. The van der Waals surface area contributed by atoms with Crippen LogP contribution in [0.3, 0.4) is 0 Å². The van der Waals surface area contributed by atoms with Gasteiger partial charge in [-0.05, 0) is 73.8 Å². The average Bonchev–Trinajstić information content (AvgIpc) is 3.56. The summed E-state index contributed by atoms with van der Waals surface area (Å²) >= 11 is 0. The van der Waals surface area contributed by atoms with Crippen molar-refractivity contribution in [3.05, 3.63) is 53.6 Å². The van der Waals surface area contributed by atoms with Crippen LogP contribution in [-0.2, 0) is 14.3 Å². The lowest BCUT2D eigenvalue weighted by atomic mass is 9.97. The molecule has 3 heterocycles. The van der Waals surface area contributed by atoms with E-state index in [-0.39, 0.29) is 37.2 Å². The SMILES string of the molecule is CCOC(=O)[C@@H]1CCCN(CC(=O)N2N=C(c3ccc(OC)cc3)C[C@@H]2c2ccc3c(c2)OCO3)C1. The molecular weight excluding hydrogens is 462 g/mol. The molecule has 0 saturated carbocycles. The second-order valence-electron chi connectivity index (χ2n) is 9.17. The van der Waals surface area contributed by atoms with Crippen LogP contribution in [0, 0.1) is 5.92 Å². The molecule has 9 nitrogen and oxygen atoms in total. The van der Waals surface area contributed by atoms with Gasteiger partial charge in [0.1, 0.15) is 5.75 Å². The Morgan fingerprint density at radius 3 is 2.69 bits per heavy atom. The number of benzene rings is 2. The molecule has 1 saturated heterocycles. The number of likely N-dealkylation sites (tertiary alicyclic amines) is 1. The molecule has 0 aliphatic carbocycles. The van der Waals surface area contributed by atoms with Crippen molar-refractivity contribution in [1.29, 1.82) is 0 Å². The number of nitrogens with zero attached hydrogens (tertiary/aromatic N) is 3. The fraction of sp³-hybridized carbons (Fsp3) is 0.444. The highest BCUT2D eigenvalue weighted by Crippen LogP contribution is 2.39. The Labute approximate surface area is 210 Å². The molecule has 1 fully saturated rings. The summed E-state index contributed by atoms with van der Waals surface area (Å²) in [5, 5.41) is 6.37. The fourth-order valence-corrected chi connectivity index (χ4v) is 4.99. The molecule has 1 amide bonds. The predicted molar refractivity (Wildman–Crippen MR) is 132 cm³/mol. The van der Waals surface area contributed by atoms with Crippen molar-refractivity contribution in [3.63, 3.8) is 0 Å². The Balaban J connectivity index is 1.37. The molecule has 190 valence electrons. The number of methoxy groups -OCH3 is 1. The molecule has 3 aliphatic heterocycles. The van der Waals surface area contributed by atoms with Crippen LogP contribution in [0.25, 0.3) is 0 Å². The third-order valence-corrected chi connectivity index (χ3v) is 6.85. The third kappa shape index (κ3) is 5.02. The van der Waals surface area contributed by atoms with Gasteiger partial charge in [0.25, 0.3) is 5.91 Å². The lowest BCUT2D eigenvalue weighted by Crippen LogP contribution is -2.44. The van der Waals surface area contributed by atoms with Crippen molar-refractivity contribution in [2.24, 2.45) is 11.0 Å². The van der Waals surface area contributed by atoms with Crippen molar-refractivity contribution in [3.8, 4) is 17.2 Å². The summed E-state index contributed by atoms with van der Waals surface area (Å²) in [4.78, 5) is 27.9. The molecule has 2 aromatic carbocycles. The first-order valence-corrected chi connectivity index (χ1v) is 12.4. The summed E-state index contributed by atoms with van der Waals surface area (Å²) in [5.41, 5.74) is 2.71. The van der Waals surface area contributed by atoms with E-state index >= 15 is 0 Å². The quantitative estimate of drug-likeness (QED) is 0.546. The van der Waals surface area contributed by atoms with E-state index in [0.717, 1.165) is 42.0 Å². The molecule has 0 aromatic heterocycles. The second-order valence-corrected chi connectivity index (χ2v) is 9.17. The highest BCUT2D eigenvalue weighted by atomic mass is 16.7. The Morgan fingerprint density at radius 2 is 1.92 bits per heavy atom. The number of amides is 1. The third-order valence-electron chi connectivity index (χ3n) is 6.85. The topological polar surface area (TPSA) is 89.9 Å². The largest absolute Gasteiger partial charge is 0.497 e. The van der Waals surface area contributed by atoms with Gasteiger partial charge in [0, 0.05) is 13.0 Å². The Hall–Kier alpha value is -3.59. The molecule has 0 bridgehead atoms. The first-order chi connectivity index (χ1) is 17.6. The van der Waals surface area contributed by atoms with Gasteiger partial charge in [-0.3, -0.25) is 14.5 Å². The van der Waals surface area contributed by atoms with Crippen LogP contribution >= 0.6 is 0 Å². The van der Waals surface area contributed by atoms with Crippen LogP contribution in [0.4, 0.5) is 0 Å². The minimum absolute atomic E-state index is 0.106. The van der Waals surface area contributed by atoms with Crippen LogP contribution in [0.15, 0.2) is 47.6 Å². The molecule has 0 spiro atoms. The molecule has 9 heteroatoms. The maximum atomic E-state index is 13.6. The van der Waals surface area contributed by atoms with Gasteiger partial charge in [0.15, 0.2) is 11.5 Å². The molecule has 2 aromatic rings. The van der Waals surface area contributed by atoms with E-state index < -0.39 is 0 Å². The zero-order valence-electron chi connectivity index (χ0n) is 20.6. The van der Waals surface area contributed by atoms with Gasteiger partial charge in [0.05, 0.1) is 37.9 Å². The number of ether oxygens (including phenoxy) is 4. The Kier molecular flexibility index (Phi) is 7.09. The minimum atomic E-state index is -0.269. The molecular formula is C27H31N3O6. The van der Waals surface area contributed by atoms with Gasteiger partial charge in [-0.1, -0.05) is 6.07 Å². The van der Waals surface area contributed by atoms with Crippen LogP contribution in [0.5, 0.6) is 17.2 Å². The van der Waals surface area contributed by atoms with Crippen LogP contribution in [0.2, 0.25) is 0 Å². The van der Waals surface area contributed by atoms with E-state index in [0.29, 0.717) is 31.1 Å². The van der Waals surface area contributed by atoms with E-state index in [9.17, 15) is 9.59 Å². The van der Waals surface area contributed by atoms with Gasteiger partial charge >= 0.3 is 5.97 Å². The molecule has 36 heavy (non-hydrogen) atoms. The van der Waals surface area contributed by atoms with Crippen molar-refractivity contribution < 1.29 is 28.5 Å². The van der Waals surface area contributed by atoms with Gasteiger partial charge < -0.3 is 18.9 Å². The van der Waals surface area contributed by atoms with Gasteiger partial charge in [-0.2, -0.15) is 5.10 Å². The number of piperidine rings is 1. The van der Waals surface area contributed by atoms with Crippen molar-refractivity contribution in [1.82, 2.24) is 9.91 Å². The first-order valence-electron chi connectivity index (χ1n) is 12.4. The predicted octanol–water partition coefficient (Wildman–Crippen LogP) is 3.38. The summed E-state index contributed by atoms with van der Waals surface area (Å²) < 4.78 is 21.5. The van der Waals surface area contributed by atoms with Crippen molar-refractivity contribution in [2.45, 2.75) is 32.2 Å². The summed E-state index contributed by atoms with van der Waals surface area (Å²) in [7, 11) is 1.63. The van der Waals surface area contributed by atoms with E-state index in [2.05, 4.69) is 0 Å². The number of carbonyl (C=O) groups is 2. The number of hydrogen-bond donors (Lipinski definition) is 0. The van der Waals surface area contributed by atoms with E-state index in [1.54, 1.807) is 12.1 Å². The second kappa shape index (κ2) is 10.6. The number of hydrogen-bond acceptors (Lipinski definition) is 8. The van der Waals surface area contributed by atoms with Gasteiger partial charge in [-0.25, -0.2) is 5.01 Å². The minimum Gasteiger partial charge on any atom is -0.497 e. The van der Waals surface area contributed by atoms with Crippen molar-refractivity contribution >= 4 is 17.6 Å². The molecule has 5 rings (SSSR count). The summed E-state index contributed by atoms with van der Waals surface area (Å²) in [6, 6.07) is 13.2. The summed E-state index contributed by atoms with van der Waals surface area (Å²) in [6.07, 6.45) is 2.21. The van der Waals surface area contributed by atoms with Crippen LogP contribution in [-0.4, -0.2) is 67.6 Å². The van der Waals surface area contributed by atoms with E-state index in [1.165, 1.54) is 0 Å². The standard InChI is InChI=1S/C27H31N3O6/c1-3-34-27(32)20-5-4-12-29(15-20)16-26(31)30-23(19-8-11-24-25(13-19)36-17-35-24)14-22(28-30)18-6-9-21(33-2)10-7-18/h6-11,13,20,23H,3-5,12,14-17H2,1-2H3/t20-,23-/m1/s1. The number of carbonyl (C=O) groups excluding carboxylic acids is 2. The van der Waals surface area contributed by atoms with Gasteiger partial charge in [0.2, 0.25) is 6.79 Å². The van der Waals surface area contributed by atoms with Gasteiger partial charge in [-0.15, -0.1) is 0 Å². The molecule has 0 N–H and O–H groups in total. The fourth-order valence-electron chi connectivity index (χ4n) is 4.99. The van der Waals surface area contributed by atoms with E-state index in [4.69, 9.17) is 24.0 Å². The smallest absolute Gasteiger partial charge is 0.310 e. The highest BCUT2D eigenvalue weighted by molar-refractivity contribution is 6.03. The van der Waals surface area contributed by atoms with E-state index in [1.807, 2.05) is 54.3 Å². The number of esters is 1. The molecule has 0 radical (unpaired) electrons. The zero-order chi connectivity index (χ0) is 25.1. The number of fused-ring (bicyclic) bond motifs is 1. The first kappa shape index (κ1) is 24.1. The highest BCUT2D eigenvalue weighted by Gasteiger charge is 2.36. The maximum Gasteiger partial charge on any atom is 0.310 e. The van der Waals surface area contributed by atoms with Crippen LogP contribution in [0.1, 0.15) is 43.4 Å².